The SMILES string of the molecule is CNC(c1ccc(Br)o1)c1cccc(C)c1Cl. The van der Waals surface area contributed by atoms with Gasteiger partial charge in [0.25, 0.3) is 0 Å². The van der Waals surface area contributed by atoms with Crippen LogP contribution in [0.2, 0.25) is 5.02 Å². The summed E-state index contributed by atoms with van der Waals surface area (Å²) < 4.78 is 6.30. The van der Waals surface area contributed by atoms with Gasteiger partial charge in [-0.15, -0.1) is 0 Å². The highest BCUT2D eigenvalue weighted by atomic mass is 79.9. The summed E-state index contributed by atoms with van der Waals surface area (Å²) in [5.41, 5.74) is 2.09. The molecule has 2 nitrogen and oxygen atoms in total. The van der Waals surface area contributed by atoms with Crippen molar-refractivity contribution in [3.05, 3.63) is 56.9 Å². The summed E-state index contributed by atoms with van der Waals surface area (Å²) in [6.07, 6.45) is 0. The maximum atomic E-state index is 6.33. The van der Waals surface area contributed by atoms with Gasteiger partial charge in [-0.1, -0.05) is 29.8 Å². The van der Waals surface area contributed by atoms with Crippen LogP contribution in [0.5, 0.6) is 0 Å². The fraction of sp³-hybridized carbons (Fsp3) is 0.231. The summed E-state index contributed by atoms with van der Waals surface area (Å²) in [6, 6.07) is 9.78. The van der Waals surface area contributed by atoms with Crippen molar-refractivity contribution in [2.24, 2.45) is 0 Å². The van der Waals surface area contributed by atoms with E-state index in [2.05, 4.69) is 21.2 Å². The average Bonchev–Trinajstić information content (AvgIpc) is 2.72. The highest BCUT2D eigenvalue weighted by Gasteiger charge is 2.19. The number of nitrogens with one attached hydrogen (secondary N) is 1. The first-order valence-corrected chi connectivity index (χ1v) is 6.48. The van der Waals surface area contributed by atoms with E-state index in [9.17, 15) is 0 Å². The van der Waals surface area contributed by atoms with Gasteiger partial charge in [0, 0.05) is 5.02 Å². The monoisotopic (exact) mass is 313 g/mol. The summed E-state index contributed by atoms with van der Waals surface area (Å²) in [5, 5.41) is 3.99. The van der Waals surface area contributed by atoms with Crippen molar-refractivity contribution in [3.8, 4) is 0 Å². The van der Waals surface area contributed by atoms with Gasteiger partial charge in [0.15, 0.2) is 4.67 Å². The van der Waals surface area contributed by atoms with Crippen LogP contribution in [0.25, 0.3) is 0 Å². The lowest BCUT2D eigenvalue weighted by atomic mass is 10.0. The van der Waals surface area contributed by atoms with E-state index in [1.807, 2.05) is 44.3 Å². The van der Waals surface area contributed by atoms with E-state index in [0.717, 1.165) is 26.6 Å². The van der Waals surface area contributed by atoms with Crippen LogP contribution < -0.4 is 5.32 Å². The van der Waals surface area contributed by atoms with Crippen LogP contribution in [-0.4, -0.2) is 7.05 Å². The number of hydrogen-bond donors (Lipinski definition) is 1. The molecular weight excluding hydrogens is 302 g/mol. The summed E-state index contributed by atoms with van der Waals surface area (Å²) >= 11 is 9.64. The largest absolute Gasteiger partial charge is 0.452 e. The summed E-state index contributed by atoms with van der Waals surface area (Å²) in [5.74, 6) is 0.840. The predicted octanol–water partition coefficient (Wildman–Crippen LogP) is 4.31. The fourth-order valence-electron chi connectivity index (χ4n) is 1.83. The molecule has 1 unspecified atom stereocenters. The molecule has 1 atom stereocenters. The van der Waals surface area contributed by atoms with E-state index in [1.165, 1.54) is 0 Å². The molecule has 2 aromatic rings. The Labute approximate surface area is 114 Å². The topological polar surface area (TPSA) is 25.2 Å². The van der Waals surface area contributed by atoms with E-state index >= 15 is 0 Å². The highest BCUT2D eigenvalue weighted by Crippen LogP contribution is 2.31. The van der Waals surface area contributed by atoms with Gasteiger partial charge in [-0.25, -0.2) is 0 Å². The van der Waals surface area contributed by atoms with E-state index in [-0.39, 0.29) is 6.04 Å². The minimum atomic E-state index is -0.0336. The summed E-state index contributed by atoms with van der Waals surface area (Å²) in [7, 11) is 1.89. The van der Waals surface area contributed by atoms with Gasteiger partial charge in [0.1, 0.15) is 5.76 Å². The molecule has 4 heteroatoms. The van der Waals surface area contributed by atoms with Crippen LogP contribution >= 0.6 is 27.5 Å². The Morgan fingerprint density at radius 1 is 1.29 bits per heavy atom. The normalized spacial score (nSPS) is 12.7. The van der Waals surface area contributed by atoms with Gasteiger partial charge in [-0.3, -0.25) is 0 Å². The smallest absolute Gasteiger partial charge is 0.169 e. The zero-order valence-corrected chi connectivity index (χ0v) is 12.0. The number of hydrogen-bond acceptors (Lipinski definition) is 2. The molecule has 1 aromatic carbocycles. The summed E-state index contributed by atoms with van der Waals surface area (Å²) in [6.45, 7) is 2.00. The Bertz CT molecular complexity index is 524. The van der Waals surface area contributed by atoms with Crippen molar-refractivity contribution in [1.82, 2.24) is 5.32 Å². The molecule has 90 valence electrons. The molecule has 0 aliphatic carbocycles. The zero-order valence-electron chi connectivity index (χ0n) is 9.63. The lowest BCUT2D eigenvalue weighted by Gasteiger charge is -2.16. The lowest BCUT2D eigenvalue weighted by molar-refractivity contribution is 0.447. The standard InChI is InChI=1S/C13H13BrClNO/c1-8-4-3-5-9(12(8)15)13(16-2)10-6-7-11(14)17-10/h3-7,13,16H,1-2H3. The minimum absolute atomic E-state index is 0.0336. The molecule has 0 saturated carbocycles. The minimum Gasteiger partial charge on any atom is -0.452 e. The molecule has 0 aliphatic heterocycles. The number of furan rings is 1. The maximum Gasteiger partial charge on any atom is 0.169 e. The molecule has 2 rings (SSSR count). The van der Waals surface area contributed by atoms with Gasteiger partial charge < -0.3 is 9.73 Å². The van der Waals surface area contributed by atoms with E-state index in [1.54, 1.807) is 0 Å². The van der Waals surface area contributed by atoms with Crippen molar-refractivity contribution in [2.75, 3.05) is 7.05 Å². The molecule has 0 amide bonds. The van der Waals surface area contributed by atoms with Crippen molar-refractivity contribution in [1.29, 1.82) is 0 Å². The number of benzene rings is 1. The first-order chi connectivity index (χ1) is 8.13. The van der Waals surface area contributed by atoms with Gasteiger partial charge in [-0.05, 0) is 53.2 Å². The predicted molar refractivity (Wildman–Crippen MR) is 73.5 cm³/mol. The van der Waals surface area contributed by atoms with Gasteiger partial charge in [0.2, 0.25) is 0 Å². The molecule has 0 radical (unpaired) electrons. The average molecular weight is 315 g/mol. The van der Waals surface area contributed by atoms with Crippen LogP contribution in [0, 0.1) is 6.92 Å². The molecule has 0 saturated heterocycles. The van der Waals surface area contributed by atoms with Gasteiger partial charge in [0.05, 0.1) is 6.04 Å². The first-order valence-electron chi connectivity index (χ1n) is 5.31. The van der Waals surface area contributed by atoms with Crippen LogP contribution in [0.15, 0.2) is 39.4 Å². The Morgan fingerprint density at radius 2 is 2.06 bits per heavy atom. The Balaban J connectivity index is 2.45. The van der Waals surface area contributed by atoms with E-state index in [0.29, 0.717) is 0 Å². The Morgan fingerprint density at radius 3 is 2.65 bits per heavy atom. The molecule has 1 N–H and O–H groups in total. The van der Waals surface area contributed by atoms with Crippen LogP contribution in [0.1, 0.15) is 22.9 Å². The zero-order chi connectivity index (χ0) is 12.4. The van der Waals surface area contributed by atoms with Crippen molar-refractivity contribution >= 4 is 27.5 Å². The maximum absolute atomic E-state index is 6.33. The Hall–Kier alpha value is -0.770. The van der Waals surface area contributed by atoms with Crippen LogP contribution in [0.4, 0.5) is 0 Å². The molecular formula is C13H13BrClNO. The molecule has 17 heavy (non-hydrogen) atoms. The van der Waals surface area contributed by atoms with Crippen molar-refractivity contribution < 1.29 is 4.42 Å². The lowest BCUT2D eigenvalue weighted by Crippen LogP contribution is -2.17. The Kier molecular flexibility index (Phi) is 3.92. The highest BCUT2D eigenvalue weighted by molar-refractivity contribution is 9.10. The molecule has 0 spiro atoms. The summed E-state index contributed by atoms with van der Waals surface area (Å²) in [4.78, 5) is 0. The van der Waals surface area contributed by atoms with Gasteiger partial charge >= 0.3 is 0 Å². The second-order valence-electron chi connectivity index (χ2n) is 3.84. The van der Waals surface area contributed by atoms with Crippen LogP contribution in [0.3, 0.4) is 0 Å². The van der Waals surface area contributed by atoms with E-state index in [4.69, 9.17) is 16.0 Å². The van der Waals surface area contributed by atoms with Crippen molar-refractivity contribution in [3.63, 3.8) is 0 Å². The third-order valence-electron chi connectivity index (χ3n) is 2.70. The molecule has 1 heterocycles. The number of aryl methyl sites for hydroxylation is 1. The second-order valence-corrected chi connectivity index (χ2v) is 5.00. The third kappa shape index (κ3) is 2.57. The van der Waals surface area contributed by atoms with E-state index < -0.39 is 0 Å². The molecule has 0 aliphatic rings. The second kappa shape index (κ2) is 5.25. The van der Waals surface area contributed by atoms with Crippen LogP contribution in [-0.2, 0) is 0 Å². The third-order valence-corrected chi connectivity index (χ3v) is 3.64. The fourth-order valence-corrected chi connectivity index (χ4v) is 2.38. The molecule has 0 fully saturated rings. The first kappa shape index (κ1) is 12.7. The quantitative estimate of drug-likeness (QED) is 0.913. The van der Waals surface area contributed by atoms with Gasteiger partial charge in [-0.2, -0.15) is 0 Å². The number of halogens is 2. The van der Waals surface area contributed by atoms with Crippen molar-refractivity contribution in [2.45, 2.75) is 13.0 Å². The molecule has 1 aromatic heterocycles. The molecule has 0 bridgehead atoms. The number of rotatable bonds is 3.